The number of amides is 1. The molecule has 1 saturated carbocycles. The van der Waals surface area contributed by atoms with Gasteiger partial charge in [0, 0.05) is 43.9 Å². The number of halogens is 1. The summed E-state index contributed by atoms with van der Waals surface area (Å²) >= 11 is 0. The molecular weight excluding hydrogens is 535 g/mol. The highest BCUT2D eigenvalue weighted by molar-refractivity contribution is 7.92. The number of methoxy groups -OCH3 is 1. The van der Waals surface area contributed by atoms with Crippen LogP contribution in [0, 0.1) is 11.3 Å². The second-order valence-corrected chi connectivity index (χ2v) is 14.6. The standard InChI is InChI=1S/C28H49FN6O4S/c1-19-25(26(30)34-24-6-4-5-10-28(24,2)16-20(29)17-32-19)27(36)33-22-18-31-11-7-23(22)35-12-8-21(9-13-35)40(37,38)15-14-39-3/h8,12,19-23,25-26,31-32H,4-7,9-11,13-18,30H2,1-3H3,(H,33,36). The Morgan fingerprint density at radius 1 is 1.32 bits per heavy atom. The molecule has 4 rings (SSSR count). The summed E-state index contributed by atoms with van der Waals surface area (Å²) in [4.78, 5) is 20.9. The summed E-state index contributed by atoms with van der Waals surface area (Å²) in [7, 11) is -1.77. The van der Waals surface area contributed by atoms with Crippen LogP contribution in [-0.2, 0) is 19.4 Å². The lowest BCUT2D eigenvalue weighted by molar-refractivity contribution is -0.127. The third-order valence-corrected chi connectivity index (χ3v) is 11.4. The van der Waals surface area contributed by atoms with Crippen LogP contribution in [0.15, 0.2) is 17.3 Å². The molecule has 1 aliphatic carbocycles. The van der Waals surface area contributed by atoms with Crippen molar-refractivity contribution in [2.75, 3.05) is 45.6 Å². The number of aliphatic imine (C=N–C) groups is 1. The zero-order chi connectivity index (χ0) is 28.9. The van der Waals surface area contributed by atoms with Gasteiger partial charge in [0.15, 0.2) is 9.84 Å². The summed E-state index contributed by atoms with van der Waals surface area (Å²) in [5.74, 6) is -0.839. The number of ether oxygens (including phenoxy) is 1. The van der Waals surface area contributed by atoms with Crippen molar-refractivity contribution in [3.05, 3.63) is 12.3 Å². The third kappa shape index (κ3) is 7.42. The summed E-state index contributed by atoms with van der Waals surface area (Å²) in [5.41, 5.74) is 7.27. The molecule has 8 unspecified atom stereocenters. The van der Waals surface area contributed by atoms with E-state index in [0.29, 0.717) is 25.9 Å². The Hall–Kier alpha value is -1.60. The van der Waals surface area contributed by atoms with Crippen molar-refractivity contribution in [3.8, 4) is 0 Å². The first-order valence-corrected chi connectivity index (χ1v) is 16.6. The molecule has 0 aromatic heterocycles. The average molecular weight is 585 g/mol. The predicted octanol–water partition coefficient (Wildman–Crippen LogP) is 1.12. The van der Waals surface area contributed by atoms with Crippen LogP contribution in [0.2, 0.25) is 0 Å². The van der Waals surface area contributed by atoms with Gasteiger partial charge in [-0.3, -0.25) is 9.79 Å². The molecule has 228 valence electrons. The van der Waals surface area contributed by atoms with Crippen LogP contribution >= 0.6 is 0 Å². The first-order valence-electron chi connectivity index (χ1n) is 14.9. The topological polar surface area (TPSA) is 138 Å². The molecule has 0 bridgehead atoms. The van der Waals surface area contributed by atoms with Gasteiger partial charge in [0.25, 0.3) is 0 Å². The van der Waals surface area contributed by atoms with Gasteiger partial charge in [-0.25, -0.2) is 12.8 Å². The van der Waals surface area contributed by atoms with Gasteiger partial charge in [-0.15, -0.1) is 0 Å². The fraction of sp³-hybridized carbons (Fsp3) is 0.857. The van der Waals surface area contributed by atoms with Crippen molar-refractivity contribution in [3.63, 3.8) is 0 Å². The van der Waals surface area contributed by atoms with Gasteiger partial charge >= 0.3 is 0 Å². The summed E-state index contributed by atoms with van der Waals surface area (Å²) in [6.07, 6.45) is 7.37. The fourth-order valence-corrected chi connectivity index (χ4v) is 8.36. The monoisotopic (exact) mass is 584 g/mol. The first-order chi connectivity index (χ1) is 19.0. The molecule has 40 heavy (non-hydrogen) atoms. The van der Waals surface area contributed by atoms with Crippen LogP contribution in [0.4, 0.5) is 4.39 Å². The zero-order valence-electron chi connectivity index (χ0n) is 24.3. The maximum atomic E-state index is 15.0. The normalized spacial score (nSPS) is 37.8. The molecule has 1 saturated heterocycles. The van der Waals surface area contributed by atoms with E-state index in [1.165, 1.54) is 7.11 Å². The Kier molecular flexibility index (Phi) is 10.6. The van der Waals surface area contributed by atoms with Gasteiger partial charge in [-0.05, 0) is 58.2 Å². The number of nitrogens with zero attached hydrogens (tertiary/aromatic N) is 2. The van der Waals surface area contributed by atoms with E-state index in [1.807, 2.05) is 13.1 Å². The molecule has 0 spiro atoms. The number of carbonyl (C=O) groups is 1. The van der Waals surface area contributed by atoms with E-state index in [1.54, 1.807) is 6.08 Å². The zero-order valence-corrected chi connectivity index (χ0v) is 25.1. The molecule has 3 heterocycles. The predicted molar refractivity (Wildman–Crippen MR) is 156 cm³/mol. The highest BCUT2D eigenvalue weighted by atomic mass is 32.2. The van der Waals surface area contributed by atoms with Crippen molar-refractivity contribution in [1.29, 1.82) is 0 Å². The van der Waals surface area contributed by atoms with Crippen LogP contribution in [0.3, 0.4) is 0 Å². The number of nitrogens with two attached hydrogens (primary N) is 1. The lowest BCUT2D eigenvalue weighted by Gasteiger charge is -2.43. The van der Waals surface area contributed by atoms with Gasteiger partial charge in [0.2, 0.25) is 5.91 Å². The van der Waals surface area contributed by atoms with Gasteiger partial charge < -0.3 is 31.3 Å². The largest absolute Gasteiger partial charge is 0.384 e. The molecule has 0 aromatic carbocycles. The molecule has 12 heteroatoms. The summed E-state index contributed by atoms with van der Waals surface area (Å²) in [6, 6.07) is -0.524. The van der Waals surface area contributed by atoms with Crippen LogP contribution in [0.1, 0.15) is 58.8 Å². The van der Waals surface area contributed by atoms with Crippen LogP contribution in [-0.4, -0.2) is 106 Å². The van der Waals surface area contributed by atoms with Crippen molar-refractivity contribution >= 4 is 21.5 Å². The number of sulfone groups is 1. The van der Waals surface area contributed by atoms with E-state index in [2.05, 4.69) is 27.8 Å². The Labute approximate surface area is 239 Å². The molecule has 8 atom stereocenters. The maximum absolute atomic E-state index is 15.0. The molecular formula is C28H49FN6O4S. The lowest BCUT2D eigenvalue weighted by Crippen LogP contribution is -2.62. The van der Waals surface area contributed by atoms with E-state index >= 15 is 4.39 Å². The maximum Gasteiger partial charge on any atom is 0.228 e. The molecule has 5 N–H and O–H groups in total. The summed E-state index contributed by atoms with van der Waals surface area (Å²) in [5, 5.41) is 9.34. The SMILES string of the molecule is COCCS(=O)(=O)C1C=CN(C2CCNCC2NC(=O)C2C(N)N=C3CCCCC3(C)CC(F)CNC2C)CC1. The van der Waals surface area contributed by atoms with Crippen molar-refractivity contribution in [1.82, 2.24) is 20.9 Å². The minimum Gasteiger partial charge on any atom is -0.384 e. The molecule has 0 aromatic rings. The van der Waals surface area contributed by atoms with Crippen molar-refractivity contribution < 1.29 is 22.3 Å². The Balaban J connectivity index is 1.48. The number of nitrogens with one attached hydrogen (secondary N) is 3. The Morgan fingerprint density at radius 2 is 2.12 bits per heavy atom. The number of carbonyl (C=O) groups excluding carboxylic acids is 1. The second-order valence-electron chi connectivity index (χ2n) is 12.3. The Morgan fingerprint density at radius 3 is 2.85 bits per heavy atom. The lowest BCUT2D eigenvalue weighted by atomic mass is 9.70. The fourth-order valence-electron chi connectivity index (χ4n) is 6.88. The van der Waals surface area contributed by atoms with E-state index in [0.717, 1.165) is 44.4 Å². The number of fused-ring (bicyclic) bond motifs is 1. The van der Waals surface area contributed by atoms with E-state index < -0.39 is 33.3 Å². The van der Waals surface area contributed by atoms with E-state index in [-0.39, 0.29) is 48.4 Å². The van der Waals surface area contributed by atoms with Gasteiger partial charge in [-0.2, -0.15) is 0 Å². The van der Waals surface area contributed by atoms with Crippen LogP contribution in [0.5, 0.6) is 0 Å². The number of hydrogen-bond donors (Lipinski definition) is 4. The molecule has 1 amide bonds. The molecule has 4 aliphatic rings. The van der Waals surface area contributed by atoms with Gasteiger partial charge in [0.1, 0.15) is 12.3 Å². The van der Waals surface area contributed by atoms with Gasteiger partial charge in [-0.1, -0.05) is 19.4 Å². The van der Waals surface area contributed by atoms with Crippen LogP contribution < -0.4 is 21.7 Å². The average Bonchev–Trinajstić information content (AvgIpc) is 2.92. The molecule has 3 aliphatic heterocycles. The second kappa shape index (κ2) is 13.6. The van der Waals surface area contributed by atoms with Crippen molar-refractivity contribution in [2.24, 2.45) is 22.1 Å². The minimum atomic E-state index is -3.27. The van der Waals surface area contributed by atoms with Gasteiger partial charge in [0.05, 0.1) is 35.6 Å². The number of rotatable bonds is 7. The number of piperidine rings is 1. The number of hydrogen-bond acceptors (Lipinski definition) is 9. The third-order valence-electron chi connectivity index (χ3n) is 9.33. The van der Waals surface area contributed by atoms with E-state index in [4.69, 9.17) is 15.5 Å². The Bertz CT molecular complexity index is 1040. The smallest absolute Gasteiger partial charge is 0.228 e. The quantitative estimate of drug-likeness (QED) is 0.349. The summed E-state index contributed by atoms with van der Waals surface area (Å²) < 4.78 is 45.3. The van der Waals surface area contributed by atoms with E-state index in [9.17, 15) is 13.2 Å². The first kappa shape index (κ1) is 31.3. The minimum absolute atomic E-state index is 0.00486. The van der Waals surface area contributed by atoms with Crippen LogP contribution in [0.25, 0.3) is 0 Å². The highest BCUT2D eigenvalue weighted by Gasteiger charge is 2.41. The molecule has 2 fully saturated rings. The molecule has 0 radical (unpaired) electrons. The highest BCUT2D eigenvalue weighted by Crippen LogP contribution is 2.39. The summed E-state index contributed by atoms with van der Waals surface area (Å²) in [6.45, 7) is 6.33. The molecule has 10 nitrogen and oxygen atoms in total. The number of alkyl halides is 1. The van der Waals surface area contributed by atoms with Crippen molar-refractivity contribution in [2.45, 2.75) is 94.5 Å².